The molecular formula is C39H40N2O7. The zero-order chi connectivity index (χ0) is 33.3. The third-order valence-corrected chi connectivity index (χ3v) is 10.2. The Bertz CT molecular complexity index is 1730. The molecule has 9 nitrogen and oxygen atoms in total. The van der Waals surface area contributed by atoms with E-state index < -0.39 is 41.6 Å². The van der Waals surface area contributed by atoms with Crippen molar-refractivity contribution in [1.29, 1.82) is 0 Å². The molecule has 0 radical (unpaired) electrons. The molecule has 2 aliphatic heterocycles. The number of nitrogens with zero attached hydrogens (tertiary/aromatic N) is 1. The number of Topliss-reactive ketones (excluding diaryl/α,β-unsaturated/α-hetero) is 1. The van der Waals surface area contributed by atoms with Gasteiger partial charge >= 0.3 is 5.97 Å². The van der Waals surface area contributed by atoms with E-state index in [0.717, 1.165) is 41.5 Å². The number of fused-ring (bicyclic) bond motifs is 2. The standard InChI is InChI=1S/C39H40N2O7/c1-45-30-19-17-27(18-20-30)22-33(43)47-37-34-35(31(42)21-26-12-7-13-26)41(48-39(34,38(40)44)23-32-36(37)46-32)24-29-15-6-5-14-28(29)16-8-11-25-9-3-2-4-10-25/h2-6,9-10,14-15,17-20,26,32,34-37H,7,11-13,21-24H2,1H3,(H2,40,44)/t32?,34-,35-,36?,37?,39+/m1/s1. The molecule has 3 aromatic carbocycles. The number of ketones is 1. The van der Waals surface area contributed by atoms with Crippen molar-refractivity contribution in [3.05, 3.63) is 101 Å². The number of esters is 1. The molecule has 2 saturated heterocycles. The van der Waals surface area contributed by atoms with Gasteiger partial charge in [-0.05, 0) is 40.8 Å². The van der Waals surface area contributed by atoms with Gasteiger partial charge in [0.2, 0.25) is 0 Å². The van der Waals surface area contributed by atoms with Gasteiger partial charge in [0.1, 0.15) is 24.0 Å². The van der Waals surface area contributed by atoms with Gasteiger partial charge in [-0.2, -0.15) is 5.06 Å². The zero-order valence-corrected chi connectivity index (χ0v) is 27.0. The van der Waals surface area contributed by atoms with Gasteiger partial charge in [0.25, 0.3) is 5.91 Å². The number of hydroxylamine groups is 2. The van der Waals surface area contributed by atoms with E-state index in [9.17, 15) is 14.4 Å². The number of methoxy groups -OCH3 is 1. The monoisotopic (exact) mass is 648 g/mol. The van der Waals surface area contributed by atoms with E-state index in [2.05, 4.69) is 11.8 Å². The Morgan fingerprint density at radius 2 is 1.73 bits per heavy atom. The molecule has 2 aliphatic carbocycles. The summed E-state index contributed by atoms with van der Waals surface area (Å²) in [6.45, 7) is 0.200. The number of benzene rings is 3. The number of epoxide rings is 1. The van der Waals surface area contributed by atoms with Gasteiger partial charge in [-0.15, -0.1) is 0 Å². The fourth-order valence-corrected chi connectivity index (χ4v) is 7.43. The van der Waals surface area contributed by atoms with Gasteiger partial charge in [-0.3, -0.25) is 19.2 Å². The van der Waals surface area contributed by atoms with Crippen LogP contribution in [0.5, 0.6) is 5.75 Å². The van der Waals surface area contributed by atoms with Crippen LogP contribution in [0.3, 0.4) is 0 Å². The van der Waals surface area contributed by atoms with E-state index in [1.807, 2.05) is 54.6 Å². The second kappa shape index (κ2) is 13.6. The van der Waals surface area contributed by atoms with Gasteiger partial charge in [-0.25, -0.2) is 0 Å². The smallest absolute Gasteiger partial charge is 0.310 e. The highest BCUT2D eigenvalue weighted by molar-refractivity contribution is 5.90. The van der Waals surface area contributed by atoms with E-state index in [0.29, 0.717) is 18.6 Å². The number of rotatable bonds is 11. The minimum absolute atomic E-state index is 0.00839. The second-order valence-electron chi connectivity index (χ2n) is 13.3. The molecule has 4 aliphatic rings. The van der Waals surface area contributed by atoms with Gasteiger partial charge < -0.3 is 19.9 Å². The number of primary amides is 1. The summed E-state index contributed by atoms with van der Waals surface area (Å²) in [6, 6.07) is 24.1. The van der Waals surface area contributed by atoms with Crippen molar-refractivity contribution in [2.75, 3.05) is 7.11 Å². The van der Waals surface area contributed by atoms with Crippen LogP contribution in [-0.2, 0) is 48.1 Å². The summed E-state index contributed by atoms with van der Waals surface area (Å²) >= 11 is 0. The van der Waals surface area contributed by atoms with Crippen LogP contribution in [0.15, 0.2) is 78.9 Å². The van der Waals surface area contributed by atoms with Crippen molar-refractivity contribution in [3.63, 3.8) is 0 Å². The van der Waals surface area contributed by atoms with E-state index in [4.69, 9.17) is 24.8 Å². The molecule has 9 heteroatoms. The number of carbonyl (C=O) groups excluding carboxylic acids is 3. The molecule has 3 aromatic rings. The van der Waals surface area contributed by atoms with E-state index in [-0.39, 0.29) is 37.2 Å². The second-order valence-corrected chi connectivity index (χ2v) is 13.3. The van der Waals surface area contributed by atoms with Crippen LogP contribution in [0.25, 0.3) is 0 Å². The van der Waals surface area contributed by atoms with Crippen LogP contribution in [-0.4, -0.2) is 59.8 Å². The molecular weight excluding hydrogens is 608 g/mol. The SMILES string of the molecule is COc1ccc(CC(=O)OC2C3OC3C[C@]3(C(N)=O)ON(Cc4ccccc4C#CCc4ccccc4)[C@H](C(=O)CC4CCC4)[C@H]23)cc1. The minimum Gasteiger partial charge on any atom is -0.497 e. The highest BCUT2D eigenvalue weighted by atomic mass is 16.7. The van der Waals surface area contributed by atoms with Gasteiger partial charge in [0, 0.05) is 24.8 Å². The Hall–Kier alpha value is -4.49. The lowest BCUT2D eigenvalue weighted by molar-refractivity contribution is -0.218. The van der Waals surface area contributed by atoms with Crippen molar-refractivity contribution in [2.24, 2.45) is 17.6 Å². The van der Waals surface area contributed by atoms with Crippen molar-refractivity contribution < 1.29 is 33.4 Å². The predicted molar refractivity (Wildman–Crippen MR) is 176 cm³/mol. The fraction of sp³-hybridized carbons (Fsp3) is 0.410. The summed E-state index contributed by atoms with van der Waals surface area (Å²) in [4.78, 5) is 47.7. The lowest BCUT2D eigenvalue weighted by Gasteiger charge is -2.38. The first kappa shape index (κ1) is 32.1. The van der Waals surface area contributed by atoms with Crippen LogP contribution in [0.1, 0.15) is 54.4 Å². The van der Waals surface area contributed by atoms with Gasteiger partial charge in [0.15, 0.2) is 11.4 Å². The number of nitrogens with two attached hydrogens (primary N) is 1. The zero-order valence-electron chi connectivity index (χ0n) is 27.0. The number of hydrogen-bond acceptors (Lipinski definition) is 8. The lowest BCUT2D eigenvalue weighted by atomic mass is 9.68. The van der Waals surface area contributed by atoms with Crippen LogP contribution in [0.4, 0.5) is 0 Å². The van der Waals surface area contributed by atoms with Crippen LogP contribution >= 0.6 is 0 Å². The maximum absolute atomic E-state index is 14.3. The molecule has 0 spiro atoms. The van der Waals surface area contributed by atoms with E-state index >= 15 is 0 Å². The highest BCUT2D eigenvalue weighted by Crippen LogP contribution is 2.55. The first-order valence-electron chi connectivity index (χ1n) is 16.7. The molecule has 1 amide bonds. The molecule has 3 unspecified atom stereocenters. The molecule has 2 heterocycles. The predicted octanol–water partition coefficient (Wildman–Crippen LogP) is 4.33. The minimum atomic E-state index is -1.57. The summed E-state index contributed by atoms with van der Waals surface area (Å²) in [6.07, 6.45) is 2.51. The number of amides is 1. The number of carbonyl (C=O) groups is 3. The quantitative estimate of drug-likeness (QED) is 0.185. The Morgan fingerprint density at radius 3 is 2.44 bits per heavy atom. The van der Waals surface area contributed by atoms with Crippen LogP contribution in [0, 0.1) is 23.7 Å². The fourth-order valence-electron chi connectivity index (χ4n) is 7.43. The summed E-state index contributed by atoms with van der Waals surface area (Å²) in [5, 5.41) is 1.61. The van der Waals surface area contributed by atoms with Crippen molar-refractivity contribution in [2.45, 2.75) is 81.4 Å². The van der Waals surface area contributed by atoms with Crippen molar-refractivity contribution >= 4 is 17.7 Å². The highest BCUT2D eigenvalue weighted by Gasteiger charge is 2.73. The van der Waals surface area contributed by atoms with E-state index in [1.165, 1.54) is 0 Å². The van der Waals surface area contributed by atoms with Crippen molar-refractivity contribution in [3.8, 4) is 17.6 Å². The number of ether oxygens (including phenoxy) is 3. The molecule has 4 fully saturated rings. The third kappa shape index (κ3) is 6.48. The summed E-state index contributed by atoms with van der Waals surface area (Å²) in [5.74, 6) is 5.47. The Morgan fingerprint density at radius 1 is 0.979 bits per heavy atom. The maximum Gasteiger partial charge on any atom is 0.310 e. The Kier molecular flexibility index (Phi) is 9.06. The molecule has 0 aromatic heterocycles. The topological polar surface area (TPSA) is 121 Å². The normalized spacial score (nSPS) is 27.4. The van der Waals surface area contributed by atoms with Crippen molar-refractivity contribution in [1.82, 2.24) is 5.06 Å². The molecule has 248 valence electrons. The van der Waals surface area contributed by atoms with Crippen LogP contribution < -0.4 is 10.5 Å². The molecule has 0 bridgehead atoms. The molecule has 2 saturated carbocycles. The van der Waals surface area contributed by atoms with Gasteiger partial charge in [0.05, 0.1) is 32.1 Å². The summed E-state index contributed by atoms with van der Waals surface area (Å²) < 4.78 is 17.3. The van der Waals surface area contributed by atoms with Gasteiger partial charge in [-0.1, -0.05) is 91.8 Å². The van der Waals surface area contributed by atoms with E-state index in [1.54, 1.807) is 36.4 Å². The summed E-state index contributed by atoms with van der Waals surface area (Å²) in [7, 11) is 1.58. The molecule has 48 heavy (non-hydrogen) atoms. The molecule has 6 atom stereocenters. The number of hydrogen-bond donors (Lipinski definition) is 1. The largest absolute Gasteiger partial charge is 0.497 e. The van der Waals surface area contributed by atoms with Crippen LogP contribution in [0.2, 0.25) is 0 Å². The molecule has 2 N–H and O–H groups in total. The average molecular weight is 649 g/mol. The average Bonchev–Trinajstić information content (AvgIpc) is 3.76. The maximum atomic E-state index is 14.3. The Balaban J connectivity index is 1.18. The lowest BCUT2D eigenvalue weighted by Crippen LogP contribution is -2.60. The first-order chi connectivity index (χ1) is 23.3. The molecule has 7 rings (SSSR count). The summed E-state index contributed by atoms with van der Waals surface area (Å²) in [5.41, 5.74) is 8.10. The Labute approximate surface area is 280 Å². The third-order valence-electron chi connectivity index (χ3n) is 10.2. The first-order valence-corrected chi connectivity index (χ1v) is 16.7.